The lowest BCUT2D eigenvalue weighted by Gasteiger charge is -2.31. The molecule has 0 aliphatic carbocycles. The molecule has 0 bridgehead atoms. The molecule has 0 saturated carbocycles. The van der Waals surface area contributed by atoms with Gasteiger partial charge in [0.1, 0.15) is 0 Å². The fraction of sp³-hybridized carbons (Fsp3) is 0.533. The highest BCUT2D eigenvalue weighted by Gasteiger charge is 2.19. The van der Waals surface area contributed by atoms with Crippen molar-refractivity contribution in [1.82, 2.24) is 4.90 Å². The van der Waals surface area contributed by atoms with E-state index in [0.29, 0.717) is 17.2 Å². The van der Waals surface area contributed by atoms with Crippen molar-refractivity contribution in [2.24, 2.45) is 5.92 Å². The van der Waals surface area contributed by atoms with E-state index in [2.05, 4.69) is 11.0 Å². The van der Waals surface area contributed by atoms with Crippen molar-refractivity contribution in [2.75, 3.05) is 19.3 Å². The summed E-state index contributed by atoms with van der Waals surface area (Å²) in [6.07, 6.45) is 4.00. The fourth-order valence-corrected chi connectivity index (χ4v) is 3.30. The second-order valence-corrected chi connectivity index (χ2v) is 7.52. The van der Waals surface area contributed by atoms with Gasteiger partial charge in [0.2, 0.25) is 0 Å². The van der Waals surface area contributed by atoms with E-state index >= 15 is 0 Å². The number of benzene rings is 1. The molecule has 0 unspecified atom stereocenters. The zero-order chi connectivity index (χ0) is 14.6. The summed E-state index contributed by atoms with van der Waals surface area (Å²) in [7, 11) is -3.14. The molecule has 108 valence electrons. The second kappa shape index (κ2) is 6.38. The number of piperidine rings is 1. The third kappa shape index (κ3) is 4.06. The van der Waals surface area contributed by atoms with Gasteiger partial charge in [0.25, 0.3) is 0 Å². The van der Waals surface area contributed by atoms with Gasteiger partial charge in [-0.3, -0.25) is 4.90 Å². The predicted octanol–water partition coefficient (Wildman–Crippen LogP) is 2.22. The van der Waals surface area contributed by atoms with Crippen molar-refractivity contribution in [3.63, 3.8) is 0 Å². The Morgan fingerprint density at radius 2 is 2.05 bits per heavy atom. The number of hydrogen-bond acceptors (Lipinski definition) is 4. The Hall–Kier alpha value is -1.38. The van der Waals surface area contributed by atoms with Crippen molar-refractivity contribution in [1.29, 1.82) is 5.26 Å². The van der Waals surface area contributed by atoms with E-state index < -0.39 is 9.84 Å². The molecule has 0 N–H and O–H groups in total. The Balaban J connectivity index is 1.97. The number of sulfone groups is 1. The molecule has 1 aliphatic rings. The summed E-state index contributed by atoms with van der Waals surface area (Å²) in [5.41, 5.74) is 1.03. The van der Waals surface area contributed by atoms with Crippen LogP contribution in [0.25, 0.3) is 0 Å². The van der Waals surface area contributed by atoms with Gasteiger partial charge in [0, 0.05) is 19.2 Å². The molecular weight excluding hydrogens is 272 g/mol. The third-order valence-corrected chi connectivity index (χ3v) is 4.93. The predicted molar refractivity (Wildman–Crippen MR) is 77.8 cm³/mol. The van der Waals surface area contributed by atoms with Crippen LogP contribution in [0.1, 0.15) is 24.8 Å². The van der Waals surface area contributed by atoms with E-state index in [9.17, 15) is 8.42 Å². The van der Waals surface area contributed by atoms with Crippen LogP contribution in [-0.4, -0.2) is 32.7 Å². The van der Waals surface area contributed by atoms with Crippen LogP contribution in [-0.2, 0) is 16.4 Å². The molecule has 4 nitrogen and oxygen atoms in total. The molecule has 0 atom stereocenters. The van der Waals surface area contributed by atoms with Crippen LogP contribution in [0.2, 0.25) is 0 Å². The summed E-state index contributed by atoms with van der Waals surface area (Å²) in [4.78, 5) is 2.71. The van der Waals surface area contributed by atoms with Gasteiger partial charge in [-0.1, -0.05) is 12.1 Å². The fourth-order valence-electron chi connectivity index (χ4n) is 2.61. The summed E-state index contributed by atoms with van der Waals surface area (Å²) in [5, 5.41) is 8.71. The van der Waals surface area contributed by atoms with E-state index in [0.717, 1.165) is 38.0 Å². The average molecular weight is 292 g/mol. The summed E-state index contributed by atoms with van der Waals surface area (Å²) in [6.45, 7) is 2.74. The second-order valence-electron chi connectivity index (χ2n) is 5.50. The Morgan fingerprint density at radius 1 is 1.35 bits per heavy atom. The first kappa shape index (κ1) is 15.0. The molecule has 2 rings (SSSR count). The lowest BCUT2D eigenvalue weighted by atomic mass is 9.94. The van der Waals surface area contributed by atoms with Crippen LogP contribution in [0.3, 0.4) is 0 Å². The topological polar surface area (TPSA) is 61.2 Å². The highest BCUT2D eigenvalue weighted by Crippen LogP contribution is 2.22. The molecular formula is C15H20N2O2S. The van der Waals surface area contributed by atoms with Crippen molar-refractivity contribution in [3.8, 4) is 6.07 Å². The quantitative estimate of drug-likeness (QED) is 0.853. The van der Waals surface area contributed by atoms with E-state index in [1.165, 1.54) is 6.26 Å². The van der Waals surface area contributed by atoms with Gasteiger partial charge in [-0.15, -0.1) is 0 Å². The molecule has 1 aromatic rings. The maximum absolute atomic E-state index is 11.5. The number of nitriles is 1. The van der Waals surface area contributed by atoms with Crippen LogP contribution in [0.15, 0.2) is 29.2 Å². The molecule has 1 aromatic carbocycles. The van der Waals surface area contributed by atoms with Crippen LogP contribution in [0, 0.1) is 17.2 Å². The van der Waals surface area contributed by atoms with Gasteiger partial charge in [0.05, 0.1) is 11.0 Å². The first-order valence-corrected chi connectivity index (χ1v) is 8.76. The van der Waals surface area contributed by atoms with Gasteiger partial charge < -0.3 is 0 Å². The molecule has 1 aliphatic heterocycles. The van der Waals surface area contributed by atoms with Crippen LogP contribution < -0.4 is 0 Å². The summed E-state index contributed by atoms with van der Waals surface area (Å²) in [5.74, 6) is 0.526. The first-order chi connectivity index (χ1) is 9.49. The standard InChI is InChI=1S/C15H20N2O2S/c1-20(18,19)15-4-2-3-14(11-15)12-17-9-6-13(5-8-16)7-10-17/h2-4,11,13H,5-7,9-10,12H2,1H3. The van der Waals surface area contributed by atoms with Crippen molar-refractivity contribution < 1.29 is 8.42 Å². The van der Waals surface area contributed by atoms with Gasteiger partial charge in [-0.25, -0.2) is 8.42 Å². The van der Waals surface area contributed by atoms with Gasteiger partial charge >= 0.3 is 0 Å². The molecule has 20 heavy (non-hydrogen) atoms. The summed E-state index contributed by atoms with van der Waals surface area (Å²) in [6, 6.07) is 9.41. The van der Waals surface area contributed by atoms with Crippen molar-refractivity contribution in [3.05, 3.63) is 29.8 Å². The lowest BCUT2D eigenvalue weighted by Crippen LogP contribution is -2.33. The lowest BCUT2D eigenvalue weighted by molar-refractivity contribution is 0.179. The SMILES string of the molecule is CS(=O)(=O)c1cccc(CN2CCC(CC#N)CC2)c1. The normalized spacial score (nSPS) is 17.8. The van der Waals surface area contributed by atoms with Crippen LogP contribution in [0.4, 0.5) is 0 Å². The van der Waals surface area contributed by atoms with Crippen molar-refractivity contribution in [2.45, 2.75) is 30.7 Å². The van der Waals surface area contributed by atoms with Crippen molar-refractivity contribution >= 4 is 9.84 Å². The molecule has 0 spiro atoms. The molecule has 1 saturated heterocycles. The molecule has 1 heterocycles. The van der Waals surface area contributed by atoms with E-state index in [1.807, 2.05) is 6.07 Å². The smallest absolute Gasteiger partial charge is 0.175 e. The third-order valence-electron chi connectivity index (χ3n) is 3.82. The van der Waals surface area contributed by atoms with E-state index in [4.69, 9.17) is 5.26 Å². The maximum Gasteiger partial charge on any atom is 0.175 e. The first-order valence-electron chi connectivity index (χ1n) is 6.87. The van der Waals surface area contributed by atoms with Crippen LogP contribution in [0.5, 0.6) is 0 Å². The maximum atomic E-state index is 11.5. The van der Waals surface area contributed by atoms with E-state index in [1.54, 1.807) is 18.2 Å². The Kier molecular flexibility index (Phi) is 4.79. The minimum Gasteiger partial charge on any atom is -0.299 e. The largest absolute Gasteiger partial charge is 0.299 e. The zero-order valence-electron chi connectivity index (χ0n) is 11.7. The Bertz CT molecular complexity index is 597. The summed E-state index contributed by atoms with van der Waals surface area (Å²) >= 11 is 0. The molecule has 0 radical (unpaired) electrons. The molecule has 0 amide bonds. The number of nitrogens with zero attached hydrogens (tertiary/aromatic N) is 2. The number of hydrogen-bond donors (Lipinski definition) is 0. The number of likely N-dealkylation sites (tertiary alicyclic amines) is 1. The monoisotopic (exact) mass is 292 g/mol. The van der Waals surface area contributed by atoms with E-state index in [-0.39, 0.29) is 0 Å². The van der Waals surface area contributed by atoms with Gasteiger partial charge in [-0.2, -0.15) is 5.26 Å². The Morgan fingerprint density at radius 3 is 2.65 bits per heavy atom. The molecule has 1 fully saturated rings. The average Bonchev–Trinajstić information content (AvgIpc) is 2.41. The van der Waals surface area contributed by atoms with Gasteiger partial charge in [0.15, 0.2) is 9.84 Å². The summed E-state index contributed by atoms with van der Waals surface area (Å²) < 4.78 is 23.1. The highest BCUT2D eigenvalue weighted by atomic mass is 32.2. The molecule has 5 heteroatoms. The minimum atomic E-state index is -3.14. The Labute approximate surface area is 120 Å². The zero-order valence-corrected chi connectivity index (χ0v) is 12.6. The minimum absolute atomic E-state index is 0.384. The number of rotatable bonds is 4. The molecule has 0 aromatic heterocycles. The van der Waals surface area contributed by atoms with Crippen LogP contribution >= 0.6 is 0 Å². The highest BCUT2D eigenvalue weighted by molar-refractivity contribution is 7.90. The van der Waals surface area contributed by atoms with Gasteiger partial charge in [-0.05, 0) is 49.5 Å².